The molecule has 0 aromatic heterocycles. The summed E-state index contributed by atoms with van der Waals surface area (Å²) in [5.41, 5.74) is 0. The van der Waals surface area contributed by atoms with Crippen molar-refractivity contribution in [2.45, 2.75) is 32.7 Å². The summed E-state index contributed by atoms with van der Waals surface area (Å²) in [6.07, 6.45) is 5.10. The van der Waals surface area contributed by atoms with Crippen LogP contribution in [0.4, 0.5) is 0 Å². The number of hydrogen-bond acceptors (Lipinski definition) is 3. The van der Waals surface area contributed by atoms with Crippen molar-refractivity contribution in [3.8, 4) is 0 Å². The third-order valence-electron chi connectivity index (χ3n) is 4.27. The van der Waals surface area contributed by atoms with Crippen molar-refractivity contribution in [2.24, 2.45) is 11.8 Å². The van der Waals surface area contributed by atoms with E-state index in [1.54, 1.807) is 0 Å². The molecule has 2 heterocycles. The van der Waals surface area contributed by atoms with Gasteiger partial charge in [-0.3, -0.25) is 4.90 Å². The molecule has 2 nitrogen and oxygen atoms in total. The lowest BCUT2D eigenvalue weighted by atomic mass is 9.80. The van der Waals surface area contributed by atoms with Gasteiger partial charge in [0.1, 0.15) is 0 Å². The number of nitrogens with zero attached hydrogens (tertiary/aromatic N) is 2. The number of piperidine rings is 2. The Kier molecular flexibility index (Phi) is 4.57. The second kappa shape index (κ2) is 5.74. The normalized spacial score (nSPS) is 33.0. The quantitative estimate of drug-likeness (QED) is 0.750. The van der Waals surface area contributed by atoms with Crippen molar-refractivity contribution in [3.05, 3.63) is 0 Å². The van der Waals surface area contributed by atoms with E-state index in [1.165, 1.54) is 44.9 Å². The van der Waals surface area contributed by atoms with Crippen LogP contribution >= 0.6 is 11.8 Å². The average molecular weight is 242 g/mol. The van der Waals surface area contributed by atoms with Crippen LogP contribution in [0.3, 0.4) is 0 Å². The Bertz CT molecular complexity index is 220. The maximum Gasteiger partial charge on any atom is 0.0441 e. The van der Waals surface area contributed by atoms with E-state index in [4.69, 9.17) is 0 Å². The van der Waals surface area contributed by atoms with E-state index in [0.29, 0.717) is 0 Å². The van der Waals surface area contributed by atoms with Crippen LogP contribution in [-0.2, 0) is 0 Å². The summed E-state index contributed by atoms with van der Waals surface area (Å²) in [5.74, 6) is 3.19. The molecule has 94 valence electrons. The second-order valence-corrected chi connectivity index (χ2v) is 6.52. The Morgan fingerprint density at radius 3 is 2.56 bits per heavy atom. The molecule has 0 bridgehead atoms. The summed E-state index contributed by atoms with van der Waals surface area (Å²) in [5, 5.41) is 0. The summed E-state index contributed by atoms with van der Waals surface area (Å²) in [6.45, 7) is 10.0. The smallest absolute Gasteiger partial charge is 0.0441 e. The van der Waals surface area contributed by atoms with E-state index >= 15 is 0 Å². The predicted molar refractivity (Wildman–Crippen MR) is 72.9 cm³/mol. The third-order valence-corrected chi connectivity index (χ3v) is 4.90. The summed E-state index contributed by atoms with van der Waals surface area (Å²) in [4.78, 5) is 5.32. The fourth-order valence-corrected chi connectivity index (χ4v) is 3.84. The van der Waals surface area contributed by atoms with Crippen LogP contribution < -0.4 is 0 Å². The fraction of sp³-hybridized carbons (Fsp3) is 1.00. The van der Waals surface area contributed by atoms with E-state index in [-0.39, 0.29) is 0 Å². The first-order valence-corrected chi connectivity index (χ1v) is 8.05. The van der Waals surface area contributed by atoms with E-state index in [1.807, 2.05) is 11.8 Å². The van der Waals surface area contributed by atoms with Gasteiger partial charge in [-0.1, -0.05) is 0 Å². The molecule has 0 aromatic carbocycles. The Balaban J connectivity index is 1.88. The van der Waals surface area contributed by atoms with Gasteiger partial charge in [-0.2, -0.15) is 0 Å². The summed E-state index contributed by atoms with van der Waals surface area (Å²) in [6, 6.07) is 0.733. The third kappa shape index (κ3) is 2.93. The SMILES string of the molecule is CSCN1CCC2CCN(C(C)C)CC2C1. The number of fused-ring (bicyclic) bond motifs is 1. The van der Waals surface area contributed by atoms with E-state index in [9.17, 15) is 0 Å². The van der Waals surface area contributed by atoms with Gasteiger partial charge in [0.05, 0.1) is 0 Å². The average Bonchev–Trinajstić information content (AvgIpc) is 2.28. The molecule has 16 heavy (non-hydrogen) atoms. The van der Waals surface area contributed by atoms with Gasteiger partial charge >= 0.3 is 0 Å². The van der Waals surface area contributed by atoms with Crippen LogP contribution in [-0.4, -0.2) is 54.2 Å². The maximum absolute atomic E-state index is 2.67. The van der Waals surface area contributed by atoms with Crippen LogP contribution in [0.5, 0.6) is 0 Å². The van der Waals surface area contributed by atoms with E-state index in [2.05, 4.69) is 29.9 Å². The highest BCUT2D eigenvalue weighted by Crippen LogP contribution is 2.32. The topological polar surface area (TPSA) is 6.48 Å². The summed E-state index contributed by atoms with van der Waals surface area (Å²) < 4.78 is 0. The minimum absolute atomic E-state index is 0.733. The second-order valence-electron chi connectivity index (χ2n) is 5.68. The molecule has 2 unspecified atom stereocenters. The van der Waals surface area contributed by atoms with Gasteiger partial charge in [0.2, 0.25) is 0 Å². The molecule has 2 aliphatic rings. The fourth-order valence-electron chi connectivity index (χ4n) is 3.24. The van der Waals surface area contributed by atoms with Crippen molar-refractivity contribution < 1.29 is 0 Å². The maximum atomic E-state index is 2.67. The van der Waals surface area contributed by atoms with Crippen molar-refractivity contribution in [1.82, 2.24) is 9.80 Å². The first-order chi connectivity index (χ1) is 7.70. The van der Waals surface area contributed by atoms with Crippen LogP contribution in [0.25, 0.3) is 0 Å². The Morgan fingerprint density at radius 1 is 1.12 bits per heavy atom. The number of rotatable bonds is 3. The predicted octanol–water partition coefficient (Wildman–Crippen LogP) is 2.36. The zero-order valence-electron chi connectivity index (χ0n) is 11.0. The molecule has 2 fully saturated rings. The molecular formula is C13H26N2S. The largest absolute Gasteiger partial charge is 0.301 e. The molecule has 2 atom stereocenters. The lowest BCUT2D eigenvalue weighted by Gasteiger charge is -2.46. The molecule has 2 rings (SSSR count). The Morgan fingerprint density at radius 2 is 1.88 bits per heavy atom. The zero-order chi connectivity index (χ0) is 11.5. The molecule has 0 aliphatic carbocycles. The Labute approximate surface area is 105 Å². The molecule has 2 aliphatic heterocycles. The Hall–Kier alpha value is 0.270. The van der Waals surface area contributed by atoms with Crippen molar-refractivity contribution in [3.63, 3.8) is 0 Å². The lowest BCUT2D eigenvalue weighted by Crippen LogP contribution is -2.51. The highest BCUT2D eigenvalue weighted by atomic mass is 32.2. The number of thioether (sulfide) groups is 1. The van der Waals surface area contributed by atoms with Gasteiger partial charge in [0.15, 0.2) is 0 Å². The van der Waals surface area contributed by atoms with Crippen molar-refractivity contribution in [1.29, 1.82) is 0 Å². The molecule has 0 N–H and O–H groups in total. The minimum Gasteiger partial charge on any atom is -0.301 e. The number of likely N-dealkylation sites (tertiary alicyclic amines) is 2. The first kappa shape index (κ1) is 12.7. The van der Waals surface area contributed by atoms with Gasteiger partial charge in [0, 0.05) is 25.0 Å². The molecule has 2 saturated heterocycles. The van der Waals surface area contributed by atoms with E-state index < -0.39 is 0 Å². The number of hydrogen-bond donors (Lipinski definition) is 0. The summed E-state index contributed by atoms with van der Waals surface area (Å²) >= 11 is 1.97. The molecule has 0 saturated carbocycles. The summed E-state index contributed by atoms with van der Waals surface area (Å²) in [7, 11) is 0. The van der Waals surface area contributed by atoms with Crippen LogP contribution in [0.15, 0.2) is 0 Å². The van der Waals surface area contributed by atoms with E-state index in [0.717, 1.165) is 17.9 Å². The van der Waals surface area contributed by atoms with Crippen molar-refractivity contribution in [2.75, 3.05) is 38.3 Å². The van der Waals surface area contributed by atoms with Gasteiger partial charge < -0.3 is 4.90 Å². The molecule has 0 spiro atoms. The molecule has 0 aromatic rings. The monoisotopic (exact) mass is 242 g/mol. The van der Waals surface area contributed by atoms with Gasteiger partial charge in [0.25, 0.3) is 0 Å². The van der Waals surface area contributed by atoms with Gasteiger partial charge in [-0.15, -0.1) is 11.8 Å². The van der Waals surface area contributed by atoms with Crippen LogP contribution in [0.2, 0.25) is 0 Å². The molecular weight excluding hydrogens is 216 g/mol. The van der Waals surface area contributed by atoms with Crippen LogP contribution in [0, 0.1) is 11.8 Å². The highest BCUT2D eigenvalue weighted by molar-refractivity contribution is 7.98. The zero-order valence-corrected chi connectivity index (χ0v) is 11.8. The highest BCUT2D eigenvalue weighted by Gasteiger charge is 2.34. The standard InChI is InChI=1S/C13H26N2S/c1-11(2)15-7-5-12-4-6-14(10-16-3)8-13(12)9-15/h11-13H,4-10H2,1-3H3. The lowest BCUT2D eigenvalue weighted by molar-refractivity contribution is 0.0363. The minimum atomic E-state index is 0.733. The first-order valence-electron chi connectivity index (χ1n) is 6.66. The molecule has 3 heteroatoms. The van der Waals surface area contributed by atoms with Gasteiger partial charge in [-0.05, 0) is 57.9 Å². The molecule has 0 amide bonds. The van der Waals surface area contributed by atoms with Crippen molar-refractivity contribution >= 4 is 11.8 Å². The molecule has 0 radical (unpaired) electrons. The van der Waals surface area contributed by atoms with Gasteiger partial charge in [-0.25, -0.2) is 0 Å². The van der Waals surface area contributed by atoms with Crippen LogP contribution in [0.1, 0.15) is 26.7 Å².